The number of allylic oxidation sites excluding steroid dienone is 2. The summed E-state index contributed by atoms with van der Waals surface area (Å²) in [7, 11) is 0. The third-order valence-electron chi connectivity index (χ3n) is 4.57. The lowest BCUT2D eigenvalue weighted by atomic mass is 9.84. The van der Waals surface area contributed by atoms with Crippen molar-refractivity contribution in [3.8, 4) is 0 Å². The van der Waals surface area contributed by atoms with Crippen LogP contribution in [0.25, 0.3) is 0 Å². The number of ether oxygens (including phenoxy) is 2. The van der Waals surface area contributed by atoms with E-state index in [0.717, 1.165) is 25.7 Å². The molecule has 0 bridgehead atoms. The molecular weight excluding hydrogens is 228 g/mol. The quantitative estimate of drug-likeness (QED) is 0.286. The number of carbonyl (C=O) groups is 1. The molecule has 2 fully saturated rings. The third kappa shape index (κ3) is 1.81. The van der Waals surface area contributed by atoms with Crippen LogP contribution in [0.4, 0.5) is 0 Å². The normalized spacial score (nSPS) is 46.6. The minimum absolute atomic E-state index is 0.0671. The number of esters is 1. The van der Waals surface area contributed by atoms with Crippen LogP contribution in [0.2, 0.25) is 0 Å². The van der Waals surface area contributed by atoms with E-state index in [1.54, 1.807) is 0 Å². The Kier molecular flexibility index (Phi) is 2.63. The molecule has 3 heteroatoms. The standard InChI is InChI=1S/C15H20O3/c1-9-5-4-8-15(3)13(18-15)12-11(7-6-9)10(2)14(16)17-12/h5,11-13H,2,4,6-8H2,1,3H3/b9-5+/t11-,12-,13?,15?/m0/s1. The van der Waals surface area contributed by atoms with Crippen LogP contribution < -0.4 is 0 Å². The van der Waals surface area contributed by atoms with E-state index in [0.29, 0.717) is 5.57 Å². The van der Waals surface area contributed by atoms with Crippen molar-refractivity contribution in [3.63, 3.8) is 0 Å². The first-order chi connectivity index (χ1) is 8.51. The Morgan fingerprint density at radius 1 is 1.50 bits per heavy atom. The maximum absolute atomic E-state index is 11.7. The summed E-state index contributed by atoms with van der Waals surface area (Å²) in [6.45, 7) is 8.17. The maximum Gasteiger partial charge on any atom is 0.334 e. The summed E-state index contributed by atoms with van der Waals surface area (Å²) in [5.41, 5.74) is 1.91. The second kappa shape index (κ2) is 3.95. The Morgan fingerprint density at radius 3 is 3.06 bits per heavy atom. The molecule has 98 valence electrons. The van der Waals surface area contributed by atoms with Gasteiger partial charge in [0.15, 0.2) is 0 Å². The van der Waals surface area contributed by atoms with Crippen LogP contribution in [0.3, 0.4) is 0 Å². The van der Waals surface area contributed by atoms with Crippen LogP contribution in [-0.4, -0.2) is 23.8 Å². The van der Waals surface area contributed by atoms with E-state index in [1.807, 2.05) is 0 Å². The van der Waals surface area contributed by atoms with E-state index in [-0.39, 0.29) is 29.7 Å². The molecule has 2 heterocycles. The first-order valence-electron chi connectivity index (χ1n) is 6.74. The minimum atomic E-state index is -0.233. The average Bonchev–Trinajstić information content (AvgIpc) is 2.90. The summed E-state index contributed by atoms with van der Waals surface area (Å²) in [5, 5.41) is 0. The minimum Gasteiger partial charge on any atom is -0.455 e. The van der Waals surface area contributed by atoms with Gasteiger partial charge in [0.2, 0.25) is 0 Å². The van der Waals surface area contributed by atoms with Gasteiger partial charge in [0.25, 0.3) is 0 Å². The number of fused-ring (bicyclic) bond motifs is 3. The van der Waals surface area contributed by atoms with Gasteiger partial charge in [-0.05, 0) is 39.5 Å². The number of hydrogen-bond acceptors (Lipinski definition) is 3. The zero-order valence-corrected chi connectivity index (χ0v) is 11.1. The molecule has 2 saturated heterocycles. The smallest absolute Gasteiger partial charge is 0.334 e. The summed E-state index contributed by atoms with van der Waals surface area (Å²) in [4.78, 5) is 11.7. The van der Waals surface area contributed by atoms with Crippen molar-refractivity contribution < 1.29 is 14.3 Å². The van der Waals surface area contributed by atoms with Gasteiger partial charge >= 0.3 is 5.97 Å². The molecule has 2 unspecified atom stereocenters. The van der Waals surface area contributed by atoms with Crippen molar-refractivity contribution in [3.05, 3.63) is 23.8 Å². The molecule has 3 nitrogen and oxygen atoms in total. The molecule has 0 aromatic carbocycles. The third-order valence-corrected chi connectivity index (χ3v) is 4.57. The molecule has 4 atom stereocenters. The fourth-order valence-electron chi connectivity index (χ4n) is 3.20. The Morgan fingerprint density at radius 2 is 2.28 bits per heavy atom. The topological polar surface area (TPSA) is 38.8 Å². The van der Waals surface area contributed by atoms with Gasteiger partial charge in [0.1, 0.15) is 12.2 Å². The van der Waals surface area contributed by atoms with Crippen molar-refractivity contribution in [2.75, 3.05) is 0 Å². The largest absolute Gasteiger partial charge is 0.455 e. The molecule has 2 aliphatic heterocycles. The second-order valence-corrected chi connectivity index (χ2v) is 5.98. The highest BCUT2D eigenvalue weighted by molar-refractivity contribution is 5.91. The highest BCUT2D eigenvalue weighted by Gasteiger charge is 2.61. The van der Waals surface area contributed by atoms with Crippen molar-refractivity contribution in [1.82, 2.24) is 0 Å². The van der Waals surface area contributed by atoms with E-state index < -0.39 is 0 Å². The number of carbonyl (C=O) groups excluding carboxylic acids is 1. The van der Waals surface area contributed by atoms with Gasteiger partial charge in [-0.1, -0.05) is 18.2 Å². The molecule has 0 radical (unpaired) electrons. The fraction of sp³-hybridized carbons (Fsp3) is 0.667. The fourth-order valence-corrected chi connectivity index (χ4v) is 3.20. The van der Waals surface area contributed by atoms with Crippen LogP contribution >= 0.6 is 0 Å². The summed E-state index contributed by atoms with van der Waals surface area (Å²) < 4.78 is 11.3. The van der Waals surface area contributed by atoms with E-state index in [1.165, 1.54) is 5.57 Å². The Balaban J connectivity index is 1.87. The number of rotatable bonds is 0. The van der Waals surface area contributed by atoms with Gasteiger partial charge in [-0.25, -0.2) is 4.79 Å². The molecular formula is C15H20O3. The van der Waals surface area contributed by atoms with Crippen LogP contribution in [0.5, 0.6) is 0 Å². The van der Waals surface area contributed by atoms with E-state index >= 15 is 0 Å². The molecule has 0 saturated carbocycles. The predicted molar refractivity (Wildman–Crippen MR) is 68.0 cm³/mol. The summed E-state index contributed by atoms with van der Waals surface area (Å²) >= 11 is 0. The van der Waals surface area contributed by atoms with Gasteiger partial charge in [0.05, 0.1) is 5.60 Å². The second-order valence-electron chi connectivity index (χ2n) is 5.98. The molecule has 0 spiro atoms. The van der Waals surface area contributed by atoms with Gasteiger partial charge < -0.3 is 9.47 Å². The lowest BCUT2D eigenvalue weighted by molar-refractivity contribution is -0.140. The number of hydrogen-bond donors (Lipinski definition) is 0. The van der Waals surface area contributed by atoms with Gasteiger partial charge in [-0.15, -0.1) is 0 Å². The molecule has 1 aliphatic carbocycles. The van der Waals surface area contributed by atoms with Crippen LogP contribution in [0.1, 0.15) is 39.5 Å². The highest BCUT2D eigenvalue weighted by Crippen LogP contribution is 2.49. The van der Waals surface area contributed by atoms with Crippen LogP contribution in [0, 0.1) is 5.92 Å². The summed E-state index contributed by atoms with van der Waals surface area (Å²) in [6.07, 6.45) is 6.25. The zero-order chi connectivity index (χ0) is 12.9. The van der Waals surface area contributed by atoms with Crippen molar-refractivity contribution >= 4 is 5.97 Å². The first-order valence-corrected chi connectivity index (χ1v) is 6.74. The lowest BCUT2D eigenvalue weighted by Crippen LogP contribution is -2.28. The molecule has 0 aromatic rings. The van der Waals surface area contributed by atoms with Crippen molar-refractivity contribution in [1.29, 1.82) is 0 Å². The lowest BCUT2D eigenvalue weighted by Gasteiger charge is -2.19. The molecule has 3 rings (SSSR count). The average molecular weight is 248 g/mol. The van der Waals surface area contributed by atoms with Crippen molar-refractivity contribution in [2.45, 2.75) is 57.3 Å². The van der Waals surface area contributed by atoms with Gasteiger partial charge in [-0.2, -0.15) is 0 Å². The highest BCUT2D eigenvalue weighted by atomic mass is 16.6. The molecule has 18 heavy (non-hydrogen) atoms. The first kappa shape index (κ1) is 12.0. The molecule has 3 aliphatic rings. The number of epoxide rings is 1. The van der Waals surface area contributed by atoms with E-state index in [2.05, 4.69) is 26.5 Å². The van der Waals surface area contributed by atoms with Crippen LogP contribution in [-0.2, 0) is 14.3 Å². The SMILES string of the molecule is C=C1C(=O)O[C@@H]2C3OC3(C)CC/C=C(\C)CC[C@@H]12. The van der Waals surface area contributed by atoms with Gasteiger partial charge in [0, 0.05) is 11.5 Å². The summed E-state index contributed by atoms with van der Waals surface area (Å²) in [5.74, 6) is -0.102. The van der Waals surface area contributed by atoms with Gasteiger partial charge in [-0.3, -0.25) is 0 Å². The zero-order valence-electron chi connectivity index (χ0n) is 11.1. The Bertz CT molecular complexity index is 437. The molecule has 0 amide bonds. The summed E-state index contributed by atoms with van der Waals surface area (Å²) in [6, 6.07) is 0. The van der Waals surface area contributed by atoms with E-state index in [4.69, 9.17) is 9.47 Å². The van der Waals surface area contributed by atoms with Crippen molar-refractivity contribution in [2.24, 2.45) is 5.92 Å². The molecule has 0 aromatic heterocycles. The molecule has 0 N–H and O–H groups in total. The Hall–Kier alpha value is -1.09. The van der Waals surface area contributed by atoms with Crippen LogP contribution in [0.15, 0.2) is 23.8 Å². The predicted octanol–water partition coefficient (Wildman–Crippen LogP) is 2.76. The monoisotopic (exact) mass is 248 g/mol. The van der Waals surface area contributed by atoms with E-state index in [9.17, 15) is 4.79 Å². The Labute approximate surface area is 108 Å². The maximum atomic E-state index is 11.7.